The fraction of sp³-hybridized carbons (Fsp3) is 0.231. The molecule has 6 nitrogen and oxygen atoms in total. The van der Waals surface area contributed by atoms with Crippen LogP contribution in [0.3, 0.4) is 0 Å². The van der Waals surface area contributed by atoms with Crippen LogP contribution in [-0.2, 0) is 6.61 Å². The van der Waals surface area contributed by atoms with Crippen molar-refractivity contribution < 1.29 is 14.3 Å². The number of carbonyl (C=O) groups excluding carboxylic acids is 1. The lowest BCUT2D eigenvalue weighted by Gasteiger charge is -2.17. The minimum Gasteiger partial charge on any atom is -0.493 e. The molecule has 1 aliphatic heterocycles. The first-order chi connectivity index (χ1) is 16.1. The van der Waals surface area contributed by atoms with Gasteiger partial charge in [0.05, 0.1) is 13.3 Å². The number of halogens is 1. The molecule has 1 fully saturated rings. The zero-order valence-corrected chi connectivity index (χ0v) is 20.0. The predicted molar refractivity (Wildman–Crippen MR) is 134 cm³/mol. The van der Waals surface area contributed by atoms with Crippen molar-refractivity contribution in [2.45, 2.75) is 19.4 Å². The molecule has 0 aromatic heterocycles. The average molecular weight is 508 g/mol. The molecule has 3 aromatic rings. The SMILES string of the molecule is COc1cc(/C=N\NC(=O)c2ccc(N3CCCC3)cc2)c(Br)cc1OCc1ccccc1. The molecule has 170 valence electrons. The first-order valence-electron chi connectivity index (χ1n) is 10.9. The molecule has 0 radical (unpaired) electrons. The number of ether oxygens (including phenoxy) is 2. The highest BCUT2D eigenvalue weighted by atomic mass is 79.9. The Bertz CT molecular complexity index is 1110. The third-order valence-corrected chi connectivity index (χ3v) is 6.18. The first-order valence-corrected chi connectivity index (χ1v) is 11.7. The van der Waals surface area contributed by atoms with Crippen LogP contribution in [0, 0.1) is 0 Å². The van der Waals surface area contributed by atoms with E-state index in [9.17, 15) is 4.79 Å². The summed E-state index contributed by atoms with van der Waals surface area (Å²) in [5.74, 6) is 0.942. The molecule has 1 heterocycles. The minimum atomic E-state index is -0.259. The summed E-state index contributed by atoms with van der Waals surface area (Å²) in [6.45, 7) is 2.58. The van der Waals surface area contributed by atoms with E-state index in [1.165, 1.54) is 12.8 Å². The van der Waals surface area contributed by atoms with Gasteiger partial charge >= 0.3 is 0 Å². The highest BCUT2D eigenvalue weighted by Crippen LogP contribution is 2.33. The molecule has 0 atom stereocenters. The van der Waals surface area contributed by atoms with E-state index in [0.29, 0.717) is 23.7 Å². The molecule has 4 rings (SSSR count). The van der Waals surface area contributed by atoms with Gasteiger partial charge in [0.15, 0.2) is 11.5 Å². The number of methoxy groups -OCH3 is 1. The third-order valence-electron chi connectivity index (χ3n) is 5.49. The van der Waals surface area contributed by atoms with Gasteiger partial charge in [0, 0.05) is 34.4 Å². The Hall–Kier alpha value is -3.32. The van der Waals surface area contributed by atoms with Crippen LogP contribution in [0.15, 0.2) is 76.3 Å². The van der Waals surface area contributed by atoms with Gasteiger partial charge in [0.1, 0.15) is 6.61 Å². The van der Waals surface area contributed by atoms with Crippen molar-refractivity contribution in [3.8, 4) is 11.5 Å². The van der Waals surface area contributed by atoms with Crippen LogP contribution in [0.2, 0.25) is 0 Å². The molecule has 1 saturated heterocycles. The first kappa shape index (κ1) is 22.9. The van der Waals surface area contributed by atoms with Crippen molar-refractivity contribution in [2.75, 3.05) is 25.1 Å². The maximum absolute atomic E-state index is 12.5. The molecule has 33 heavy (non-hydrogen) atoms. The van der Waals surface area contributed by atoms with Gasteiger partial charge in [0.2, 0.25) is 0 Å². The average Bonchev–Trinajstić information content (AvgIpc) is 3.39. The van der Waals surface area contributed by atoms with Crippen LogP contribution in [0.1, 0.15) is 34.3 Å². The quantitative estimate of drug-likeness (QED) is 0.327. The Kier molecular flexibility index (Phi) is 7.62. The zero-order valence-electron chi connectivity index (χ0n) is 18.5. The van der Waals surface area contributed by atoms with E-state index in [0.717, 1.165) is 34.4 Å². The van der Waals surface area contributed by atoms with Crippen molar-refractivity contribution in [3.05, 3.63) is 87.9 Å². The Morgan fingerprint density at radius 2 is 1.79 bits per heavy atom. The molecule has 1 N–H and O–H groups in total. The van der Waals surface area contributed by atoms with Crippen molar-refractivity contribution in [3.63, 3.8) is 0 Å². The van der Waals surface area contributed by atoms with Crippen LogP contribution >= 0.6 is 15.9 Å². The van der Waals surface area contributed by atoms with Crippen molar-refractivity contribution in [1.82, 2.24) is 5.43 Å². The third kappa shape index (κ3) is 5.93. The Morgan fingerprint density at radius 1 is 1.06 bits per heavy atom. The highest BCUT2D eigenvalue weighted by molar-refractivity contribution is 9.10. The Labute approximate surface area is 202 Å². The van der Waals surface area contributed by atoms with Crippen LogP contribution in [0.25, 0.3) is 0 Å². The molecule has 0 bridgehead atoms. The van der Waals surface area contributed by atoms with Gasteiger partial charge in [-0.1, -0.05) is 30.3 Å². The van der Waals surface area contributed by atoms with Crippen LogP contribution in [0.5, 0.6) is 11.5 Å². The van der Waals surface area contributed by atoms with Crippen LogP contribution < -0.4 is 19.8 Å². The second-order valence-electron chi connectivity index (χ2n) is 7.74. The van der Waals surface area contributed by atoms with Crippen molar-refractivity contribution in [2.24, 2.45) is 5.10 Å². The normalized spacial score (nSPS) is 13.3. The van der Waals surface area contributed by atoms with Crippen LogP contribution in [0.4, 0.5) is 5.69 Å². The van der Waals surface area contributed by atoms with Gasteiger partial charge < -0.3 is 14.4 Å². The molecule has 3 aromatic carbocycles. The van der Waals surface area contributed by atoms with E-state index in [1.54, 1.807) is 13.3 Å². The summed E-state index contributed by atoms with van der Waals surface area (Å²) in [6, 6.07) is 21.2. The summed E-state index contributed by atoms with van der Waals surface area (Å²) < 4.78 is 12.2. The number of amides is 1. The molecule has 0 saturated carbocycles. The molecule has 0 aliphatic carbocycles. The molecule has 1 aliphatic rings. The second kappa shape index (κ2) is 11.0. The van der Waals surface area contributed by atoms with E-state index < -0.39 is 0 Å². The maximum atomic E-state index is 12.5. The maximum Gasteiger partial charge on any atom is 0.271 e. The second-order valence-corrected chi connectivity index (χ2v) is 8.59. The largest absolute Gasteiger partial charge is 0.493 e. The molecule has 0 unspecified atom stereocenters. The highest BCUT2D eigenvalue weighted by Gasteiger charge is 2.13. The van der Waals surface area contributed by atoms with Gasteiger partial charge in [-0.3, -0.25) is 4.79 Å². The van der Waals surface area contributed by atoms with E-state index in [-0.39, 0.29) is 5.91 Å². The molecule has 1 amide bonds. The number of benzene rings is 3. The summed E-state index contributed by atoms with van der Waals surface area (Å²) in [6.07, 6.45) is 4.01. The topological polar surface area (TPSA) is 63.2 Å². The summed E-state index contributed by atoms with van der Waals surface area (Å²) in [5, 5.41) is 4.12. The smallest absolute Gasteiger partial charge is 0.271 e. The van der Waals surface area contributed by atoms with Crippen molar-refractivity contribution >= 4 is 33.7 Å². The van der Waals surface area contributed by atoms with E-state index in [2.05, 4.69) is 31.4 Å². The van der Waals surface area contributed by atoms with Crippen LogP contribution in [-0.4, -0.2) is 32.3 Å². The lowest BCUT2D eigenvalue weighted by Crippen LogP contribution is -2.19. The number of carbonyl (C=O) groups is 1. The Morgan fingerprint density at radius 3 is 2.48 bits per heavy atom. The number of hydrogen-bond donors (Lipinski definition) is 1. The zero-order chi connectivity index (χ0) is 23.0. The van der Waals surface area contributed by atoms with Gasteiger partial charge in [-0.05, 0) is 70.7 Å². The lowest BCUT2D eigenvalue weighted by molar-refractivity contribution is 0.0955. The number of hydrogen-bond acceptors (Lipinski definition) is 5. The van der Waals surface area contributed by atoms with Crippen molar-refractivity contribution in [1.29, 1.82) is 0 Å². The monoisotopic (exact) mass is 507 g/mol. The van der Waals surface area contributed by atoms with Gasteiger partial charge in [0.25, 0.3) is 5.91 Å². The van der Waals surface area contributed by atoms with Gasteiger partial charge in [-0.15, -0.1) is 0 Å². The molecule has 0 spiro atoms. The lowest BCUT2D eigenvalue weighted by atomic mass is 10.2. The molecule has 7 heteroatoms. The van der Waals surface area contributed by atoms with E-state index in [4.69, 9.17) is 9.47 Å². The van der Waals surface area contributed by atoms with E-state index >= 15 is 0 Å². The Balaban J connectivity index is 1.38. The standard InChI is InChI=1S/C26H26BrN3O3/c1-32-24-15-21(23(27)16-25(24)33-18-19-7-3-2-4-8-19)17-28-29-26(31)20-9-11-22(12-10-20)30-13-5-6-14-30/h2-4,7-12,15-17H,5-6,13-14,18H2,1H3,(H,29,31)/b28-17-. The summed E-state index contributed by atoms with van der Waals surface area (Å²) in [4.78, 5) is 14.8. The summed E-state index contributed by atoms with van der Waals surface area (Å²) in [7, 11) is 1.59. The summed E-state index contributed by atoms with van der Waals surface area (Å²) >= 11 is 3.54. The minimum absolute atomic E-state index is 0.259. The van der Waals surface area contributed by atoms with Gasteiger partial charge in [-0.2, -0.15) is 5.10 Å². The molecular formula is C26H26BrN3O3. The number of nitrogens with one attached hydrogen (secondary N) is 1. The predicted octanol–water partition coefficient (Wildman–Crippen LogP) is 5.40. The van der Waals surface area contributed by atoms with E-state index in [1.807, 2.05) is 66.7 Å². The fourth-order valence-electron chi connectivity index (χ4n) is 3.68. The number of rotatable bonds is 8. The molecular weight excluding hydrogens is 482 g/mol. The summed E-state index contributed by atoms with van der Waals surface area (Å²) in [5.41, 5.74) is 6.12. The number of anilines is 1. The van der Waals surface area contributed by atoms with Gasteiger partial charge in [-0.25, -0.2) is 5.43 Å². The number of nitrogens with zero attached hydrogens (tertiary/aromatic N) is 2. The fourth-order valence-corrected chi connectivity index (χ4v) is 4.11. The number of hydrazone groups is 1.